The molecule has 2 aromatic rings. The molecule has 0 fully saturated rings. The Morgan fingerprint density at radius 2 is 1.43 bits per heavy atom. The topological polar surface area (TPSA) is 26.3 Å². The maximum absolute atomic E-state index is 11.0. The first-order chi connectivity index (χ1) is 9.29. The second-order valence-corrected chi connectivity index (χ2v) is 3.52. The number of rotatable bonds is 3. The monoisotopic (exact) mass is 308 g/mol. The van der Waals surface area contributed by atoms with Gasteiger partial charge in [-0.25, -0.2) is 0 Å². The van der Waals surface area contributed by atoms with E-state index in [0.29, 0.717) is 5.75 Å². The van der Waals surface area contributed by atoms with Crippen LogP contribution in [-0.4, -0.2) is 5.97 Å². The van der Waals surface area contributed by atoms with E-state index < -0.39 is 5.97 Å². The van der Waals surface area contributed by atoms with Crippen LogP contribution in [0.5, 0.6) is 5.75 Å². The molecule has 0 aliphatic carbocycles. The van der Waals surface area contributed by atoms with E-state index in [9.17, 15) is 4.79 Å². The van der Waals surface area contributed by atoms with Gasteiger partial charge in [0.2, 0.25) is 5.97 Å². The SMILES string of the molecule is CC.[CH2+][CH-]C(=O)Oc1ccc(-c2ccccc2)cc1.[CH3-].[K+]. The number of hydrogen-bond donors (Lipinski definition) is 0. The van der Waals surface area contributed by atoms with Gasteiger partial charge in [0.15, 0.2) is 0 Å². The largest absolute Gasteiger partial charge is 1.00 e. The van der Waals surface area contributed by atoms with Crippen LogP contribution < -0.4 is 56.1 Å². The summed E-state index contributed by atoms with van der Waals surface area (Å²) in [6.45, 7) is 7.35. The van der Waals surface area contributed by atoms with Gasteiger partial charge in [0.1, 0.15) is 5.75 Å². The minimum Gasteiger partial charge on any atom is -0.448 e. The zero-order valence-electron chi connectivity index (χ0n) is 13.3. The first-order valence-electron chi connectivity index (χ1n) is 6.29. The van der Waals surface area contributed by atoms with Crippen molar-refractivity contribution in [1.29, 1.82) is 0 Å². The molecule has 21 heavy (non-hydrogen) atoms. The van der Waals surface area contributed by atoms with Crippen molar-refractivity contribution >= 4 is 5.97 Å². The second kappa shape index (κ2) is 13.0. The fourth-order valence-corrected chi connectivity index (χ4v) is 1.50. The Kier molecular flexibility index (Phi) is 14.0. The van der Waals surface area contributed by atoms with Crippen molar-refractivity contribution in [1.82, 2.24) is 0 Å². The van der Waals surface area contributed by atoms with Crippen molar-refractivity contribution < 1.29 is 60.9 Å². The van der Waals surface area contributed by atoms with E-state index in [1.165, 1.54) is 0 Å². The van der Waals surface area contributed by atoms with E-state index >= 15 is 0 Å². The van der Waals surface area contributed by atoms with E-state index in [0.717, 1.165) is 17.5 Å². The van der Waals surface area contributed by atoms with Crippen LogP contribution in [0.25, 0.3) is 11.1 Å². The van der Waals surface area contributed by atoms with Crippen LogP contribution in [0.4, 0.5) is 0 Å². The molecule has 0 aliphatic rings. The Morgan fingerprint density at radius 1 is 0.952 bits per heavy atom. The third kappa shape index (κ3) is 7.74. The van der Waals surface area contributed by atoms with Crippen LogP contribution in [0, 0.1) is 20.8 Å². The molecule has 0 N–H and O–H groups in total. The van der Waals surface area contributed by atoms with Gasteiger partial charge in [-0.3, -0.25) is 4.79 Å². The molecule has 0 amide bonds. The quantitative estimate of drug-likeness (QED) is 0.374. The van der Waals surface area contributed by atoms with Crippen molar-refractivity contribution in [3.63, 3.8) is 0 Å². The molecule has 0 saturated heterocycles. The number of carbonyl (C=O) groups excluding carboxylic acids is 1. The molecule has 2 aromatic carbocycles. The molecule has 0 atom stereocenters. The molecule has 106 valence electrons. The standard InChI is InChI=1S/C15H12O2.C2H6.CH3.K/c1-2-15(16)17-14-10-8-13(9-11-14)12-6-4-3-5-7-12;1-2;;/h2-11H,1H2;1-2H3;1H3;/q;;-1;+1. The molecule has 0 unspecified atom stereocenters. The predicted molar refractivity (Wildman–Crippen MR) is 84.9 cm³/mol. The summed E-state index contributed by atoms with van der Waals surface area (Å²) >= 11 is 0. The molecule has 0 saturated carbocycles. The number of esters is 1. The molecule has 0 radical (unpaired) electrons. The minimum atomic E-state index is -0.447. The van der Waals surface area contributed by atoms with Crippen molar-refractivity contribution in [2.45, 2.75) is 13.8 Å². The Bertz CT molecular complexity index is 492. The van der Waals surface area contributed by atoms with Crippen LogP contribution in [0.15, 0.2) is 54.6 Å². The average molecular weight is 308 g/mol. The third-order valence-corrected chi connectivity index (χ3v) is 2.35. The first kappa shape index (κ1) is 22.6. The Labute approximate surface area is 171 Å². The Hall–Kier alpha value is -0.714. The predicted octanol–water partition coefficient (Wildman–Crippen LogP) is 1.78. The van der Waals surface area contributed by atoms with Gasteiger partial charge >= 0.3 is 51.4 Å². The van der Waals surface area contributed by atoms with Gasteiger partial charge in [-0.2, -0.15) is 0 Å². The smallest absolute Gasteiger partial charge is 0.448 e. The van der Waals surface area contributed by atoms with Gasteiger partial charge in [0, 0.05) is 0 Å². The number of carbonyl (C=O) groups is 1. The summed E-state index contributed by atoms with van der Waals surface area (Å²) in [5.74, 6) is 0.0760. The van der Waals surface area contributed by atoms with Gasteiger partial charge in [-0.05, 0) is 23.3 Å². The van der Waals surface area contributed by atoms with E-state index in [4.69, 9.17) is 4.74 Å². The van der Waals surface area contributed by atoms with Crippen LogP contribution >= 0.6 is 0 Å². The molecule has 2 nitrogen and oxygen atoms in total. The van der Waals surface area contributed by atoms with E-state index in [1.54, 1.807) is 12.1 Å². The summed E-state index contributed by atoms with van der Waals surface area (Å²) in [7, 11) is 0. The Balaban J connectivity index is 0. The first-order valence-corrected chi connectivity index (χ1v) is 6.29. The van der Waals surface area contributed by atoms with Gasteiger partial charge in [0.05, 0.1) is 0 Å². The molecule has 0 aliphatic heterocycles. The fraction of sp³-hybridized carbons (Fsp3) is 0.111. The summed E-state index contributed by atoms with van der Waals surface area (Å²) in [5, 5.41) is 0. The molecule has 0 heterocycles. The molecule has 0 bridgehead atoms. The molecule has 0 aromatic heterocycles. The average Bonchev–Trinajstić information content (AvgIpc) is 2.51. The zero-order valence-corrected chi connectivity index (χ0v) is 16.4. The summed E-state index contributed by atoms with van der Waals surface area (Å²) in [6.07, 6.45) is 1.14. The van der Waals surface area contributed by atoms with Crippen LogP contribution in [0.1, 0.15) is 13.8 Å². The van der Waals surface area contributed by atoms with Crippen molar-refractivity contribution in [3.8, 4) is 16.9 Å². The van der Waals surface area contributed by atoms with Crippen molar-refractivity contribution in [3.05, 3.63) is 75.4 Å². The second-order valence-electron chi connectivity index (χ2n) is 3.52. The van der Waals surface area contributed by atoms with Crippen molar-refractivity contribution in [2.24, 2.45) is 0 Å². The summed E-state index contributed by atoms with van der Waals surface area (Å²) < 4.78 is 5.00. The van der Waals surface area contributed by atoms with E-state index in [1.807, 2.05) is 56.3 Å². The number of hydrogen-bond acceptors (Lipinski definition) is 2. The van der Waals surface area contributed by atoms with Crippen molar-refractivity contribution in [2.75, 3.05) is 0 Å². The molecule has 3 heteroatoms. The Morgan fingerprint density at radius 3 is 1.90 bits per heavy atom. The maximum Gasteiger partial charge on any atom is 1.00 e. The fourth-order valence-electron chi connectivity index (χ4n) is 1.50. The van der Waals surface area contributed by atoms with Gasteiger partial charge in [-0.15, -0.1) is 0 Å². The number of ether oxygens (including phenoxy) is 1. The minimum absolute atomic E-state index is 0. The van der Waals surface area contributed by atoms with Crippen LogP contribution in [-0.2, 0) is 4.79 Å². The van der Waals surface area contributed by atoms with Crippen LogP contribution in [0.2, 0.25) is 0 Å². The third-order valence-electron chi connectivity index (χ3n) is 2.35. The molecular formula is C18H21KO2. The maximum atomic E-state index is 11.0. The normalized spacial score (nSPS) is 8.10. The van der Waals surface area contributed by atoms with Gasteiger partial charge in [-0.1, -0.05) is 69.7 Å². The molecular weight excluding hydrogens is 287 g/mol. The summed E-state index contributed by atoms with van der Waals surface area (Å²) in [4.78, 5) is 11.0. The number of benzene rings is 2. The van der Waals surface area contributed by atoms with Crippen LogP contribution in [0.3, 0.4) is 0 Å². The van der Waals surface area contributed by atoms with Gasteiger partial charge in [0.25, 0.3) is 0 Å². The van der Waals surface area contributed by atoms with E-state index in [-0.39, 0.29) is 58.8 Å². The molecule has 2 rings (SSSR count). The molecule has 0 spiro atoms. The summed E-state index contributed by atoms with van der Waals surface area (Å²) in [6, 6.07) is 17.4. The summed E-state index contributed by atoms with van der Waals surface area (Å²) in [5.41, 5.74) is 2.22. The van der Waals surface area contributed by atoms with Gasteiger partial charge < -0.3 is 12.2 Å². The zero-order chi connectivity index (χ0) is 14.1. The van der Waals surface area contributed by atoms with E-state index in [2.05, 4.69) is 6.92 Å².